The average Bonchev–Trinajstić information content (AvgIpc) is 2.01. The van der Waals surface area contributed by atoms with Gasteiger partial charge in [-0.3, -0.25) is 0 Å². The molecule has 0 spiro atoms. The Kier molecular flexibility index (Phi) is 3.48. The summed E-state index contributed by atoms with van der Waals surface area (Å²) in [7, 11) is 0. The molecule has 6 heteroatoms. The normalized spacial score (nSPS) is 10.2. The Morgan fingerprint density at radius 2 is 1.85 bits per heavy atom. The maximum atomic E-state index is 13.2. The summed E-state index contributed by atoms with van der Waals surface area (Å²) in [5.74, 6) is -2.10. The van der Waals surface area contributed by atoms with Gasteiger partial charge in [0.25, 0.3) is 0 Å². The lowest BCUT2D eigenvalue weighted by molar-refractivity contribution is 0.0690. The molecule has 13 heavy (non-hydrogen) atoms. The van der Waals surface area contributed by atoms with Gasteiger partial charge in [-0.25, -0.2) is 9.18 Å². The number of carbonyl (C=O) groups is 1. The van der Waals surface area contributed by atoms with Crippen LogP contribution in [0.25, 0.3) is 0 Å². The fraction of sp³-hybridized carbons (Fsp3) is 0. The molecule has 1 aromatic rings. The summed E-state index contributed by atoms with van der Waals surface area (Å²) in [4.78, 5) is 10.6. The van der Waals surface area contributed by atoms with E-state index in [2.05, 4.69) is 47.8 Å². The highest BCUT2D eigenvalue weighted by atomic mass is 79.9. The van der Waals surface area contributed by atoms with E-state index in [4.69, 9.17) is 5.11 Å². The fourth-order valence-electron chi connectivity index (χ4n) is 0.761. The highest BCUT2D eigenvalue weighted by Gasteiger charge is 2.19. The second-order valence-corrected chi connectivity index (χ2v) is 4.65. The number of halogens is 4. The van der Waals surface area contributed by atoms with Gasteiger partial charge in [-0.1, -0.05) is 0 Å². The van der Waals surface area contributed by atoms with E-state index in [1.54, 1.807) is 0 Å². The summed E-state index contributed by atoms with van der Waals surface area (Å²) in [6.07, 6.45) is 0. The molecule has 0 unspecified atom stereocenters. The van der Waals surface area contributed by atoms with Gasteiger partial charge in [0, 0.05) is 8.95 Å². The molecule has 0 amide bonds. The van der Waals surface area contributed by atoms with E-state index in [-0.39, 0.29) is 14.5 Å². The summed E-state index contributed by atoms with van der Waals surface area (Å²) in [6.45, 7) is 0. The minimum atomic E-state index is -1.31. The van der Waals surface area contributed by atoms with Crippen molar-refractivity contribution in [3.05, 3.63) is 30.9 Å². The Bertz CT molecular complexity index is 352. The quantitative estimate of drug-likeness (QED) is 0.757. The van der Waals surface area contributed by atoms with Crippen LogP contribution in [-0.2, 0) is 0 Å². The van der Waals surface area contributed by atoms with Crippen molar-refractivity contribution in [1.82, 2.24) is 0 Å². The monoisotopic (exact) mass is 374 g/mol. The summed E-state index contributed by atoms with van der Waals surface area (Å²) >= 11 is 8.98. The predicted octanol–water partition coefficient (Wildman–Crippen LogP) is 3.81. The molecule has 0 aromatic heterocycles. The molecule has 0 saturated heterocycles. The minimum absolute atomic E-state index is 0.111. The van der Waals surface area contributed by atoms with Crippen molar-refractivity contribution in [2.75, 3.05) is 0 Å². The van der Waals surface area contributed by atoms with Gasteiger partial charge in [0.1, 0.15) is 5.56 Å². The second kappa shape index (κ2) is 4.06. The van der Waals surface area contributed by atoms with Crippen LogP contribution in [0.5, 0.6) is 0 Å². The lowest BCUT2D eigenvalue weighted by atomic mass is 10.2. The number of rotatable bonds is 1. The third kappa shape index (κ3) is 2.11. The summed E-state index contributed by atoms with van der Waals surface area (Å²) in [5.41, 5.74) is -0.388. The summed E-state index contributed by atoms with van der Waals surface area (Å²) in [6, 6.07) is 1.44. The van der Waals surface area contributed by atoms with Crippen LogP contribution < -0.4 is 0 Å². The van der Waals surface area contributed by atoms with Crippen LogP contribution in [0.15, 0.2) is 19.5 Å². The van der Waals surface area contributed by atoms with Crippen molar-refractivity contribution in [2.45, 2.75) is 0 Å². The van der Waals surface area contributed by atoms with E-state index in [0.29, 0.717) is 4.47 Å². The summed E-state index contributed by atoms with van der Waals surface area (Å²) in [5, 5.41) is 8.68. The number of hydrogen-bond donors (Lipinski definition) is 1. The first-order valence-corrected chi connectivity index (χ1v) is 5.39. The van der Waals surface area contributed by atoms with Crippen LogP contribution in [0.4, 0.5) is 4.39 Å². The van der Waals surface area contributed by atoms with E-state index < -0.39 is 11.8 Å². The Labute approximate surface area is 98.5 Å². The molecule has 1 rings (SSSR count). The van der Waals surface area contributed by atoms with Gasteiger partial charge in [-0.2, -0.15) is 0 Å². The topological polar surface area (TPSA) is 37.3 Å². The minimum Gasteiger partial charge on any atom is -0.478 e. The zero-order valence-electron chi connectivity index (χ0n) is 5.94. The number of aromatic carboxylic acids is 1. The lowest BCUT2D eigenvalue weighted by Crippen LogP contribution is -2.03. The second-order valence-electron chi connectivity index (χ2n) is 2.15. The summed E-state index contributed by atoms with van der Waals surface area (Å²) < 4.78 is 14.0. The zero-order chi connectivity index (χ0) is 10.2. The zero-order valence-corrected chi connectivity index (χ0v) is 10.7. The third-order valence-corrected chi connectivity index (χ3v) is 3.88. The molecule has 0 heterocycles. The Morgan fingerprint density at radius 3 is 2.31 bits per heavy atom. The van der Waals surface area contributed by atoms with Crippen LogP contribution in [-0.4, -0.2) is 11.1 Å². The maximum absolute atomic E-state index is 13.2. The van der Waals surface area contributed by atoms with Crippen LogP contribution in [0, 0.1) is 5.82 Å². The van der Waals surface area contributed by atoms with Crippen LogP contribution in [0.3, 0.4) is 0 Å². The van der Waals surface area contributed by atoms with Gasteiger partial charge in [-0.15, -0.1) is 0 Å². The highest BCUT2D eigenvalue weighted by molar-refractivity contribution is 9.13. The van der Waals surface area contributed by atoms with E-state index in [1.807, 2.05) is 0 Å². The third-order valence-electron chi connectivity index (χ3n) is 1.33. The molecular weight excluding hydrogens is 375 g/mol. The molecule has 0 aliphatic heterocycles. The largest absolute Gasteiger partial charge is 0.478 e. The highest BCUT2D eigenvalue weighted by Crippen LogP contribution is 2.33. The number of benzene rings is 1. The van der Waals surface area contributed by atoms with Crippen molar-refractivity contribution >= 4 is 53.8 Å². The standard InChI is InChI=1S/C7H2Br3FO2/c8-2-1-3(9)6(11)4(5(2)10)7(12)13/h1H,(H,12,13). The van der Waals surface area contributed by atoms with E-state index >= 15 is 0 Å². The molecule has 0 fully saturated rings. The van der Waals surface area contributed by atoms with E-state index in [0.717, 1.165) is 0 Å². The molecule has 0 radical (unpaired) electrons. The van der Waals surface area contributed by atoms with Crippen LogP contribution >= 0.6 is 47.8 Å². The van der Waals surface area contributed by atoms with Gasteiger partial charge in [-0.05, 0) is 53.9 Å². The predicted molar refractivity (Wildman–Crippen MR) is 56.5 cm³/mol. The Hall–Kier alpha value is 0.0600. The first-order valence-electron chi connectivity index (χ1n) is 3.01. The molecule has 0 bridgehead atoms. The molecule has 2 nitrogen and oxygen atoms in total. The number of carboxylic acids is 1. The molecule has 70 valence electrons. The van der Waals surface area contributed by atoms with Crippen molar-refractivity contribution < 1.29 is 14.3 Å². The first-order chi connectivity index (χ1) is 5.95. The first kappa shape index (κ1) is 11.1. The van der Waals surface area contributed by atoms with Crippen molar-refractivity contribution in [2.24, 2.45) is 0 Å². The van der Waals surface area contributed by atoms with Crippen molar-refractivity contribution in [1.29, 1.82) is 0 Å². The van der Waals surface area contributed by atoms with E-state index in [9.17, 15) is 9.18 Å². The Balaban J connectivity index is 3.56. The SMILES string of the molecule is O=C(O)c1c(F)c(Br)cc(Br)c1Br. The molecule has 0 atom stereocenters. The van der Waals surface area contributed by atoms with E-state index in [1.165, 1.54) is 6.07 Å². The molecule has 1 N–H and O–H groups in total. The number of hydrogen-bond acceptors (Lipinski definition) is 1. The van der Waals surface area contributed by atoms with Gasteiger partial charge < -0.3 is 5.11 Å². The maximum Gasteiger partial charge on any atom is 0.339 e. The molecule has 1 aromatic carbocycles. The van der Waals surface area contributed by atoms with Crippen molar-refractivity contribution in [3.63, 3.8) is 0 Å². The lowest BCUT2D eigenvalue weighted by Gasteiger charge is -2.04. The molecular formula is C7H2Br3FO2. The van der Waals surface area contributed by atoms with Gasteiger partial charge in [0.2, 0.25) is 0 Å². The molecule has 0 aliphatic carbocycles. The Morgan fingerprint density at radius 1 is 1.31 bits per heavy atom. The van der Waals surface area contributed by atoms with Crippen molar-refractivity contribution in [3.8, 4) is 0 Å². The van der Waals surface area contributed by atoms with Gasteiger partial charge in [0.15, 0.2) is 5.82 Å². The molecule has 0 aliphatic rings. The molecule has 0 saturated carbocycles. The average molecular weight is 377 g/mol. The van der Waals surface area contributed by atoms with Crippen LogP contribution in [0.1, 0.15) is 10.4 Å². The van der Waals surface area contributed by atoms with Crippen LogP contribution in [0.2, 0.25) is 0 Å². The van der Waals surface area contributed by atoms with Gasteiger partial charge >= 0.3 is 5.97 Å². The van der Waals surface area contributed by atoms with Gasteiger partial charge in [0.05, 0.1) is 4.47 Å². The fourth-order valence-corrected chi connectivity index (χ4v) is 2.38. The number of carboxylic acid groups (broad SMARTS) is 1. The smallest absolute Gasteiger partial charge is 0.339 e.